The van der Waals surface area contributed by atoms with Gasteiger partial charge in [0.1, 0.15) is 0 Å². The summed E-state index contributed by atoms with van der Waals surface area (Å²) in [6, 6.07) is 0. The molecule has 1 aromatic heterocycles. The monoisotopic (exact) mass is 262 g/mol. The van der Waals surface area contributed by atoms with Crippen molar-refractivity contribution in [1.29, 1.82) is 0 Å². The Morgan fingerprint density at radius 1 is 1.32 bits per heavy atom. The second kappa shape index (κ2) is 5.52. The second-order valence-corrected chi connectivity index (χ2v) is 4.97. The molecular formula is C13H18N4O2. The normalized spacial score (nSPS) is 20.0. The third-order valence-corrected chi connectivity index (χ3v) is 3.74. The molecule has 0 bridgehead atoms. The zero-order valence-electron chi connectivity index (χ0n) is 10.8. The van der Waals surface area contributed by atoms with Gasteiger partial charge in [-0.3, -0.25) is 9.69 Å². The minimum absolute atomic E-state index is 0.0695. The van der Waals surface area contributed by atoms with Crippen molar-refractivity contribution < 1.29 is 9.53 Å². The van der Waals surface area contributed by atoms with Crippen molar-refractivity contribution >= 4 is 17.5 Å². The van der Waals surface area contributed by atoms with Crippen LogP contribution in [0.5, 0.6) is 0 Å². The van der Waals surface area contributed by atoms with E-state index in [1.54, 1.807) is 17.3 Å². The minimum Gasteiger partial charge on any atom is -0.381 e. The Labute approximate surface area is 112 Å². The highest BCUT2D eigenvalue weighted by molar-refractivity contribution is 6.00. The first-order valence-electron chi connectivity index (χ1n) is 6.77. The summed E-state index contributed by atoms with van der Waals surface area (Å²) in [7, 11) is 0. The molecule has 19 heavy (non-hydrogen) atoms. The Kier molecular flexibility index (Phi) is 3.59. The number of hydrogen-bond acceptors (Lipinski definition) is 5. The van der Waals surface area contributed by atoms with Gasteiger partial charge in [0.05, 0.1) is 6.54 Å². The van der Waals surface area contributed by atoms with Crippen LogP contribution < -0.4 is 10.2 Å². The van der Waals surface area contributed by atoms with Crippen LogP contribution in [-0.2, 0) is 9.53 Å². The number of nitrogens with zero attached hydrogens (tertiary/aromatic N) is 3. The fourth-order valence-electron chi connectivity index (χ4n) is 2.60. The van der Waals surface area contributed by atoms with Crippen LogP contribution in [0.25, 0.3) is 0 Å². The zero-order valence-corrected chi connectivity index (χ0v) is 10.8. The predicted octanol–water partition coefficient (Wildman–Crippen LogP) is 1.05. The van der Waals surface area contributed by atoms with Crippen molar-refractivity contribution in [1.82, 2.24) is 9.97 Å². The van der Waals surface area contributed by atoms with Crippen molar-refractivity contribution in [2.24, 2.45) is 5.92 Å². The highest BCUT2D eigenvalue weighted by Gasteiger charge is 2.26. The molecule has 6 nitrogen and oxygen atoms in total. The Morgan fingerprint density at radius 2 is 2.11 bits per heavy atom. The molecule has 0 radical (unpaired) electrons. The number of fused-ring (bicyclic) bond motifs is 1. The number of amides is 1. The van der Waals surface area contributed by atoms with Crippen LogP contribution in [0.1, 0.15) is 19.3 Å². The minimum atomic E-state index is 0.0695. The van der Waals surface area contributed by atoms with Crippen molar-refractivity contribution in [2.45, 2.75) is 19.3 Å². The maximum absolute atomic E-state index is 12.0. The Bertz CT molecular complexity index is 460. The number of aromatic nitrogens is 2. The number of hydrogen-bond donors (Lipinski definition) is 1. The van der Waals surface area contributed by atoms with Gasteiger partial charge in [0.25, 0.3) is 0 Å². The summed E-state index contributed by atoms with van der Waals surface area (Å²) < 4.78 is 5.36. The highest BCUT2D eigenvalue weighted by Crippen LogP contribution is 2.26. The number of ether oxygens (including phenoxy) is 1. The molecule has 0 saturated carbocycles. The molecule has 0 unspecified atom stereocenters. The van der Waals surface area contributed by atoms with E-state index in [0.717, 1.165) is 39.0 Å². The van der Waals surface area contributed by atoms with E-state index in [1.807, 2.05) is 0 Å². The summed E-state index contributed by atoms with van der Waals surface area (Å²) in [6.07, 6.45) is 6.45. The summed E-state index contributed by atoms with van der Waals surface area (Å²) in [5.74, 6) is 2.08. The third kappa shape index (κ3) is 2.68. The molecule has 0 spiro atoms. The first-order chi connectivity index (χ1) is 9.34. The Balaban J connectivity index is 1.67. The average molecular weight is 262 g/mol. The van der Waals surface area contributed by atoms with Crippen LogP contribution in [0.15, 0.2) is 12.4 Å². The first-order valence-corrected chi connectivity index (χ1v) is 6.77. The molecule has 3 rings (SSSR count). The molecule has 6 heteroatoms. The fourth-order valence-corrected chi connectivity index (χ4v) is 2.60. The van der Waals surface area contributed by atoms with Gasteiger partial charge in [-0.15, -0.1) is 0 Å². The van der Waals surface area contributed by atoms with Gasteiger partial charge < -0.3 is 10.1 Å². The van der Waals surface area contributed by atoms with Crippen molar-refractivity contribution in [3.8, 4) is 0 Å². The quantitative estimate of drug-likeness (QED) is 0.882. The van der Waals surface area contributed by atoms with Crippen LogP contribution in [-0.4, -0.2) is 42.2 Å². The predicted molar refractivity (Wildman–Crippen MR) is 71.0 cm³/mol. The third-order valence-electron chi connectivity index (χ3n) is 3.74. The molecule has 3 heterocycles. The smallest absolute Gasteiger partial charge is 0.247 e. The number of anilines is 2. The summed E-state index contributed by atoms with van der Waals surface area (Å²) in [5.41, 5.74) is 0. The van der Waals surface area contributed by atoms with Gasteiger partial charge in [-0.2, -0.15) is 0 Å². The van der Waals surface area contributed by atoms with E-state index in [9.17, 15) is 4.79 Å². The van der Waals surface area contributed by atoms with Gasteiger partial charge in [-0.25, -0.2) is 9.97 Å². The van der Waals surface area contributed by atoms with Gasteiger partial charge in [-0.05, 0) is 25.2 Å². The number of nitrogens with one attached hydrogen (secondary N) is 1. The van der Waals surface area contributed by atoms with Gasteiger partial charge in [0.2, 0.25) is 5.91 Å². The average Bonchev–Trinajstić information content (AvgIpc) is 2.47. The number of carbonyl (C=O) groups excluding carboxylic acids is 1. The lowest BCUT2D eigenvalue weighted by atomic mass is 9.96. The lowest BCUT2D eigenvalue weighted by Gasteiger charge is -2.30. The summed E-state index contributed by atoms with van der Waals surface area (Å²) in [6.45, 7) is 2.71. The van der Waals surface area contributed by atoms with Gasteiger partial charge >= 0.3 is 0 Å². The molecular weight excluding hydrogens is 244 g/mol. The molecule has 0 atom stereocenters. The number of rotatable bonds is 3. The van der Waals surface area contributed by atoms with E-state index >= 15 is 0 Å². The van der Waals surface area contributed by atoms with E-state index in [2.05, 4.69) is 15.3 Å². The van der Waals surface area contributed by atoms with Gasteiger partial charge in [-0.1, -0.05) is 0 Å². The molecule has 0 aromatic carbocycles. The van der Waals surface area contributed by atoms with Crippen LogP contribution >= 0.6 is 0 Å². The molecule has 1 fully saturated rings. The fraction of sp³-hybridized carbons (Fsp3) is 0.615. The zero-order chi connectivity index (χ0) is 13.1. The standard InChI is InChI=1S/C13H18N4O2/c18-11-9-16-12-13(15-5-4-14-12)17(11)6-1-10-2-7-19-8-3-10/h4-5,10H,1-3,6-9H2,(H,14,16). The lowest BCUT2D eigenvalue weighted by Crippen LogP contribution is -2.42. The Hall–Kier alpha value is -1.69. The van der Waals surface area contributed by atoms with E-state index in [0.29, 0.717) is 24.1 Å². The van der Waals surface area contributed by atoms with Crippen LogP contribution in [0.3, 0.4) is 0 Å². The molecule has 2 aliphatic heterocycles. The molecule has 0 aliphatic carbocycles. The van der Waals surface area contributed by atoms with Gasteiger partial charge in [0.15, 0.2) is 11.6 Å². The van der Waals surface area contributed by atoms with E-state index in [4.69, 9.17) is 4.74 Å². The molecule has 102 valence electrons. The van der Waals surface area contributed by atoms with Crippen LogP contribution in [0.2, 0.25) is 0 Å². The molecule has 1 aromatic rings. The lowest BCUT2D eigenvalue weighted by molar-refractivity contribution is -0.117. The van der Waals surface area contributed by atoms with Gasteiger partial charge in [0, 0.05) is 32.2 Å². The maximum Gasteiger partial charge on any atom is 0.247 e. The van der Waals surface area contributed by atoms with E-state index in [-0.39, 0.29) is 5.91 Å². The van der Waals surface area contributed by atoms with Crippen molar-refractivity contribution in [3.63, 3.8) is 0 Å². The second-order valence-electron chi connectivity index (χ2n) is 4.97. The SMILES string of the molecule is O=C1CNc2nccnc2N1CCC1CCOCC1. The largest absolute Gasteiger partial charge is 0.381 e. The summed E-state index contributed by atoms with van der Waals surface area (Å²) >= 11 is 0. The van der Waals surface area contributed by atoms with Crippen LogP contribution in [0.4, 0.5) is 11.6 Å². The highest BCUT2D eigenvalue weighted by atomic mass is 16.5. The van der Waals surface area contributed by atoms with E-state index in [1.165, 1.54) is 0 Å². The van der Waals surface area contributed by atoms with Crippen molar-refractivity contribution in [2.75, 3.05) is 36.5 Å². The number of carbonyl (C=O) groups is 1. The molecule has 2 aliphatic rings. The topological polar surface area (TPSA) is 67.4 Å². The summed E-state index contributed by atoms with van der Waals surface area (Å²) in [5, 5.41) is 3.00. The van der Waals surface area contributed by atoms with Crippen molar-refractivity contribution in [3.05, 3.63) is 12.4 Å². The summed E-state index contributed by atoms with van der Waals surface area (Å²) in [4.78, 5) is 22.2. The molecule has 1 N–H and O–H groups in total. The molecule has 1 amide bonds. The maximum atomic E-state index is 12.0. The molecule has 1 saturated heterocycles. The Morgan fingerprint density at radius 3 is 2.95 bits per heavy atom. The first kappa shape index (κ1) is 12.3. The van der Waals surface area contributed by atoms with Crippen LogP contribution in [0, 0.1) is 5.92 Å². The van der Waals surface area contributed by atoms with E-state index < -0.39 is 0 Å².